The van der Waals surface area contributed by atoms with Crippen LogP contribution in [0.2, 0.25) is 0 Å². The van der Waals surface area contributed by atoms with Crippen LogP contribution in [0.15, 0.2) is 24.3 Å². The fraction of sp³-hybridized carbons (Fsp3) is 0.579. The first-order valence-corrected chi connectivity index (χ1v) is 8.75. The van der Waals surface area contributed by atoms with Crippen LogP contribution >= 0.6 is 0 Å². The van der Waals surface area contributed by atoms with Crippen molar-refractivity contribution in [3.05, 3.63) is 35.6 Å². The van der Waals surface area contributed by atoms with E-state index in [0.717, 1.165) is 37.9 Å². The van der Waals surface area contributed by atoms with Crippen molar-refractivity contribution in [2.45, 2.75) is 32.2 Å². The molecular formula is C19H27FN2O3. The van der Waals surface area contributed by atoms with Gasteiger partial charge in [-0.2, -0.15) is 0 Å². The summed E-state index contributed by atoms with van der Waals surface area (Å²) in [5.74, 6) is -0.0439. The predicted octanol–water partition coefficient (Wildman–Crippen LogP) is 2.45. The summed E-state index contributed by atoms with van der Waals surface area (Å²) in [6.07, 6.45) is 3.34. The number of carbonyl (C=O) groups is 2. The zero-order valence-corrected chi connectivity index (χ0v) is 15.0. The van der Waals surface area contributed by atoms with Gasteiger partial charge in [0.05, 0.1) is 13.7 Å². The molecule has 0 aliphatic carbocycles. The smallest absolute Gasteiger partial charge is 0.305 e. The summed E-state index contributed by atoms with van der Waals surface area (Å²) in [5, 5.41) is 0. The molecule has 1 aromatic rings. The van der Waals surface area contributed by atoms with E-state index in [1.807, 2.05) is 0 Å². The van der Waals surface area contributed by atoms with Crippen molar-refractivity contribution < 1.29 is 18.7 Å². The quantitative estimate of drug-likeness (QED) is 0.740. The molecule has 1 fully saturated rings. The second kappa shape index (κ2) is 9.51. The van der Waals surface area contributed by atoms with E-state index in [1.54, 1.807) is 24.1 Å². The number of esters is 1. The highest BCUT2D eigenvalue weighted by molar-refractivity contribution is 5.78. The molecule has 0 aromatic heterocycles. The van der Waals surface area contributed by atoms with E-state index < -0.39 is 0 Å². The van der Waals surface area contributed by atoms with Crippen molar-refractivity contribution in [1.29, 1.82) is 0 Å². The molecular weight excluding hydrogens is 323 g/mol. The highest BCUT2D eigenvalue weighted by atomic mass is 19.1. The van der Waals surface area contributed by atoms with Crippen molar-refractivity contribution in [2.24, 2.45) is 5.92 Å². The van der Waals surface area contributed by atoms with E-state index in [0.29, 0.717) is 25.4 Å². The SMILES string of the molecule is COC(=O)CC1CCCN(CC(=O)N(C)Cc2ccc(F)cc2)CC1. The molecule has 1 heterocycles. The maximum atomic E-state index is 12.9. The maximum Gasteiger partial charge on any atom is 0.305 e. The lowest BCUT2D eigenvalue weighted by atomic mass is 9.97. The normalized spacial score (nSPS) is 18.4. The number of amides is 1. The Kier molecular flexibility index (Phi) is 7.37. The number of hydrogen-bond donors (Lipinski definition) is 0. The highest BCUT2D eigenvalue weighted by Gasteiger charge is 2.22. The maximum absolute atomic E-state index is 12.9. The van der Waals surface area contributed by atoms with Gasteiger partial charge < -0.3 is 9.64 Å². The molecule has 6 heteroatoms. The fourth-order valence-electron chi connectivity index (χ4n) is 3.17. The first kappa shape index (κ1) is 19.4. The summed E-state index contributed by atoms with van der Waals surface area (Å²) in [7, 11) is 3.19. The van der Waals surface area contributed by atoms with Gasteiger partial charge in [0.15, 0.2) is 0 Å². The Morgan fingerprint density at radius 1 is 1.24 bits per heavy atom. The number of likely N-dealkylation sites (tertiary alicyclic amines) is 1. The van der Waals surface area contributed by atoms with Crippen LogP contribution in [0.5, 0.6) is 0 Å². The minimum atomic E-state index is -0.274. The van der Waals surface area contributed by atoms with E-state index >= 15 is 0 Å². The molecule has 5 nitrogen and oxygen atoms in total. The number of hydrogen-bond acceptors (Lipinski definition) is 4. The third-order valence-corrected chi connectivity index (χ3v) is 4.74. The van der Waals surface area contributed by atoms with Crippen LogP contribution in [0, 0.1) is 11.7 Å². The molecule has 1 aromatic carbocycles. The minimum Gasteiger partial charge on any atom is -0.469 e. The first-order valence-electron chi connectivity index (χ1n) is 8.75. The summed E-state index contributed by atoms with van der Waals surface area (Å²) in [6, 6.07) is 6.21. The molecule has 0 radical (unpaired) electrons. The van der Waals surface area contributed by atoms with Crippen LogP contribution < -0.4 is 0 Å². The number of nitrogens with zero attached hydrogens (tertiary/aromatic N) is 2. The molecule has 0 bridgehead atoms. The van der Waals surface area contributed by atoms with Crippen LogP contribution in [0.4, 0.5) is 4.39 Å². The van der Waals surface area contributed by atoms with Crippen LogP contribution in [0.3, 0.4) is 0 Å². The van der Waals surface area contributed by atoms with Crippen molar-refractivity contribution >= 4 is 11.9 Å². The summed E-state index contributed by atoms with van der Waals surface area (Å²) in [6.45, 7) is 2.53. The van der Waals surface area contributed by atoms with Crippen LogP contribution in [0.25, 0.3) is 0 Å². The number of halogens is 1. The summed E-state index contributed by atoms with van der Waals surface area (Å²) < 4.78 is 17.7. The van der Waals surface area contributed by atoms with Gasteiger partial charge in [0.2, 0.25) is 5.91 Å². The van der Waals surface area contributed by atoms with Gasteiger partial charge in [-0.1, -0.05) is 12.1 Å². The lowest BCUT2D eigenvalue weighted by Crippen LogP contribution is -2.38. The molecule has 0 spiro atoms. The molecule has 1 amide bonds. The minimum absolute atomic E-state index is 0.0516. The second-order valence-corrected chi connectivity index (χ2v) is 6.73. The molecule has 0 N–H and O–H groups in total. The van der Waals surface area contributed by atoms with E-state index in [4.69, 9.17) is 4.74 Å². The molecule has 1 aliphatic rings. The number of methoxy groups -OCH3 is 1. The van der Waals surface area contributed by atoms with Crippen molar-refractivity contribution in [2.75, 3.05) is 33.8 Å². The molecule has 1 aliphatic heterocycles. The average molecular weight is 350 g/mol. The summed E-state index contributed by atoms with van der Waals surface area (Å²) in [4.78, 5) is 27.7. The van der Waals surface area contributed by atoms with E-state index in [9.17, 15) is 14.0 Å². The Bertz CT molecular complexity index is 577. The lowest BCUT2D eigenvalue weighted by Gasteiger charge is -2.24. The Hall–Kier alpha value is -1.95. The Morgan fingerprint density at radius 2 is 1.96 bits per heavy atom. The topological polar surface area (TPSA) is 49.9 Å². The monoisotopic (exact) mass is 350 g/mol. The molecule has 0 saturated carbocycles. The molecule has 1 saturated heterocycles. The van der Waals surface area contributed by atoms with Gasteiger partial charge in [-0.3, -0.25) is 14.5 Å². The van der Waals surface area contributed by atoms with E-state index in [-0.39, 0.29) is 17.7 Å². The Balaban J connectivity index is 1.79. The van der Waals surface area contributed by atoms with Crippen LogP contribution in [0.1, 0.15) is 31.2 Å². The van der Waals surface area contributed by atoms with Gasteiger partial charge in [0, 0.05) is 20.0 Å². The molecule has 1 atom stereocenters. The molecule has 2 rings (SSSR count). The number of carbonyl (C=O) groups excluding carboxylic acids is 2. The van der Waals surface area contributed by atoms with Crippen molar-refractivity contribution in [3.8, 4) is 0 Å². The Morgan fingerprint density at radius 3 is 2.64 bits per heavy atom. The number of benzene rings is 1. The summed E-state index contributed by atoms with van der Waals surface area (Å²) >= 11 is 0. The second-order valence-electron chi connectivity index (χ2n) is 6.73. The summed E-state index contributed by atoms with van der Waals surface area (Å²) in [5.41, 5.74) is 0.909. The van der Waals surface area contributed by atoms with Gasteiger partial charge >= 0.3 is 5.97 Å². The largest absolute Gasteiger partial charge is 0.469 e. The molecule has 1 unspecified atom stereocenters. The Labute approximate surface area is 148 Å². The predicted molar refractivity (Wildman–Crippen MR) is 93.3 cm³/mol. The zero-order valence-electron chi connectivity index (χ0n) is 15.0. The third kappa shape index (κ3) is 6.46. The van der Waals surface area contributed by atoms with Gasteiger partial charge in [0.1, 0.15) is 5.82 Å². The lowest BCUT2D eigenvalue weighted by molar-refractivity contribution is -0.141. The van der Waals surface area contributed by atoms with E-state index in [2.05, 4.69) is 4.90 Å². The number of ether oxygens (including phenoxy) is 1. The van der Waals surface area contributed by atoms with Crippen LogP contribution in [-0.2, 0) is 20.9 Å². The van der Waals surface area contributed by atoms with E-state index in [1.165, 1.54) is 19.2 Å². The zero-order chi connectivity index (χ0) is 18.2. The third-order valence-electron chi connectivity index (χ3n) is 4.74. The number of likely N-dealkylation sites (N-methyl/N-ethyl adjacent to an activating group) is 1. The van der Waals surface area contributed by atoms with Gasteiger partial charge in [0.25, 0.3) is 0 Å². The molecule has 25 heavy (non-hydrogen) atoms. The number of rotatable bonds is 6. The van der Waals surface area contributed by atoms with Crippen LogP contribution in [-0.4, -0.2) is 55.5 Å². The fourth-order valence-corrected chi connectivity index (χ4v) is 3.17. The van der Waals surface area contributed by atoms with Crippen molar-refractivity contribution in [1.82, 2.24) is 9.80 Å². The molecule has 138 valence electrons. The standard InChI is InChI=1S/C19H27FN2O3/c1-21(13-16-5-7-17(20)8-6-16)18(23)14-22-10-3-4-15(9-11-22)12-19(24)25-2/h5-8,15H,3-4,9-14H2,1-2H3. The van der Waals surface area contributed by atoms with Gasteiger partial charge in [-0.25, -0.2) is 4.39 Å². The average Bonchev–Trinajstić information content (AvgIpc) is 2.82. The van der Waals surface area contributed by atoms with Gasteiger partial charge in [-0.05, 0) is 56.0 Å². The van der Waals surface area contributed by atoms with Crippen molar-refractivity contribution in [3.63, 3.8) is 0 Å². The first-order chi connectivity index (χ1) is 12.0. The highest BCUT2D eigenvalue weighted by Crippen LogP contribution is 2.21. The van der Waals surface area contributed by atoms with Gasteiger partial charge in [-0.15, -0.1) is 0 Å².